The average Bonchev–Trinajstić information content (AvgIpc) is 2.46. The summed E-state index contributed by atoms with van der Waals surface area (Å²) in [5, 5.41) is 1.22. The Morgan fingerprint density at radius 2 is 2.15 bits per heavy atom. The molecular weight excluding hydrogens is 158 g/mol. The SMILES string of the molecule is C#Cc1cc(C)cc2ccn(C)c12. The van der Waals surface area contributed by atoms with Gasteiger partial charge >= 0.3 is 0 Å². The zero-order chi connectivity index (χ0) is 9.42. The van der Waals surface area contributed by atoms with E-state index in [0.717, 1.165) is 11.1 Å². The molecule has 0 spiro atoms. The quantitative estimate of drug-likeness (QED) is 0.534. The maximum atomic E-state index is 5.45. The van der Waals surface area contributed by atoms with Crippen molar-refractivity contribution in [3.63, 3.8) is 0 Å². The lowest BCUT2D eigenvalue weighted by Gasteiger charge is -2.01. The number of hydrogen-bond acceptors (Lipinski definition) is 0. The van der Waals surface area contributed by atoms with Gasteiger partial charge in [0.25, 0.3) is 0 Å². The zero-order valence-corrected chi connectivity index (χ0v) is 7.83. The minimum atomic E-state index is 0.975. The van der Waals surface area contributed by atoms with Crippen LogP contribution < -0.4 is 0 Å². The maximum Gasteiger partial charge on any atom is 0.0636 e. The Hall–Kier alpha value is -1.68. The average molecular weight is 169 g/mol. The van der Waals surface area contributed by atoms with Gasteiger partial charge in [0, 0.05) is 24.2 Å². The van der Waals surface area contributed by atoms with Gasteiger partial charge < -0.3 is 4.57 Å². The van der Waals surface area contributed by atoms with Gasteiger partial charge in [-0.2, -0.15) is 0 Å². The van der Waals surface area contributed by atoms with Crippen molar-refractivity contribution in [2.75, 3.05) is 0 Å². The number of fused-ring (bicyclic) bond motifs is 1. The lowest BCUT2D eigenvalue weighted by atomic mass is 10.1. The number of hydrogen-bond donors (Lipinski definition) is 0. The highest BCUT2D eigenvalue weighted by molar-refractivity contribution is 5.86. The number of terminal acetylenes is 1. The van der Waals surface area contributed by atoms with Gasteiger partial charge in [0.1, 0.15) is 0 Å². The molecule has 2 aromatic rings. The van der Waals surface area contributed by atoms with E-state index in [1.54, 1.807) is 0 Å². The van der Waals surface area contributed by atoms with Crippen LogP contribution in [-0.2, 0) is 7.05 Å². The van der Waals surface area contributed by atoms with E-state index in [2.05, 4.69) is 29.5 Å². The standard InChI is InChI=1S/C12H11N/c1-4-10-7-9(2)8-11-5-6-13(3)12(10)11/h1,5-8H,2-3H3. The minimum absolute atomic E-state index is 0.975. The summed E-state index contributed by atoms with van der Waals surface area (Å²) in [4.78, 5) is 0. The lowest BCUT2D eigenvalue weighted by molar-refractivity contribution is 0.967. The zero-order valence-electron chi connectivity index (χ0n) is 7.83. The molecule has 0 saturated carbocycles. The molecule has 64 valence electrons. The molecule has 0 saturated heterocycles. The fourth-order valence-electron chi connectivity index (χ4n) is 1.70. The van der Waals surface area contributed by atoms with E-state index >= 15 is 0 Å². The fourth-order valence-corrected chi connectivity index (χ4v) is 1.70. The summed E-state index contributed by atoms with van der Waals surface area (Å²) >= 11 is 0. The largest absolute Gasteiger partial charge is 0.350 e. The van der Waals surface area contributed by atoms with Crippen LogP contribution in [0.4, 0.5) is 0 Å². The van der Waals surface area contributed by atoms with E-state index in [-0.39, 0.29) is 0 Å². The predicted molar refractivity (Wildman–Crippen MR) is 55.6 cm³/mol. The van der Waals surface area contributed by atoms with Crippen LogP contribution in [0.2, 0.25) is 0 Å². The Bertz CT molecular complexity index is 498. The molecule has 0 amide bonds. The first-order chi connectivity index (χ1) is 6.22. The van der Waals surface area contributed by atoms with Crippen molar-refractivity contribution in [1.29, 1.82) is 0 Å². The van der Waals surface area contributed by atoms with Gasteiger partial charge in [0.2, 0.25) is 0 Å². The summed E-state index contributed by atoms with van der Waals surface area (Å²) in [7, 11) is 2.01. The maximum absolute atomic E-state index is 5.45. The molecule has 13 heavy (non-hydrogen) atoms. The second-order valence-electron chi connectivity index (χ2n) is 3.32. The summed E-state index contributed by atoms with van der Waals surface area (Å²) in [5.41, 5.74) is 3.34. The van der Waals surface area contributed by atoms with Crippen LogP contribution in [0.5, 0.6) is 0 Å². The molecule has 0 atom stereocenters. The highest BCUT2D eigenvalue weighted by Crippen LogP contribution is 2.20. The van der Waals surface area contributed by atoms with Crippen LogP contribution in [0.3, 0.4) is 0 Å². The molecule has 0 unspecified atom stereocenters. The van der Waals surface area contributed by atoms with Crippen LogP contribution >= 0.6 is 0 Å². The van der Waals surface area contributed by atoms with E-state index in [9.17, 15) is 0 Å². The molecule has 1 heteroatoms. The molecule has 1 nitrogen and oxygen atoms in total. The first-order valence-corrected chi connectivity index (χ1v) is 4.24. The van der Waals surface area contributed by atoms with Gasteiger partial charge in [0.05, 0.1) is 5.52 Å². The Labute approximate surface area is 78.0 Å². The van der Waals surface area contributed by atoms with Gasteiger partial charge in [-0.3, -0.25) is 0 Å². The van der Waals surface area contributed by atoms with Crippen LogP contribution in [0, 0.1) is 19.3 Å². The van der Waals surface area contributed by atoms with Crippen molar-refractivity contribution in [2.24, 2.45) is 7.05 Å². The number of benzene rings is 1. The van der Waals surface area contributed by atoms with Crippen LogP contribution in [-0.4, -0.2) is 4.57 Å². The van der Waals surface area contributed by atoms with Crippen LogP contribution in [0.25, 0.3) is 10.9 Å². The Balaban J connectivity index is 2.95. The second-order valence-corrected chi connectivity index (χ2v) is 3.32. The van der Waals surface area contributed by atoms with Gasteiger partial charge in [-0.05, 0) is 30.7 Å². The fraction of sp³-hybridized carbons (Fsp3) is 0.167. The third-order valence-corrected chi connectivity index (χ3v) is 2.27. The van der Waals surface area contributed by atoms with Crippen LogP contribution in [0.15, 0.2) is 24.4 Å². The highest BCUT2D eigenvalue weighted by Gasteiger charge is 2.03. The molecule has 0 fully saturated rings. The van der Waals surface area contributed by atoms with Crippen molar-refractivity contribution in [3.05, 3.63) is 35.5 Å². The third-order valence-electron chi connectivity index (χ3n) is 2.27. The van der Waals surface area contributed by atoms with Crippen molar-refractivity contribution in [1.82, 2.24) is 4.57 Å². The topological polar surface area (TPSA) is 4.93 Å². The smallest absolute Gasteiger partial charge is 0.0636 e. The summed E-state index contributed by atoms with van der Waals surface area (Å²) < 4.78 is 2.06. The first-order valence-electron chi connectivity index (χ1n) is 4.24. The van der Waals surface area contributed by atoms with E-state index in [4.69, 9.17) is 6.42 Å². The van der Waals surface area contributed by atoms with E-state index in [0.29, 0.717) is 0 Å². The number of rotatable bonds is 0. The molecule has 0 radical (unpaired) electrons. The highest BCUT2D eigenvalue weighted by atomic mass is 14.9. The van der Waals surface area contributed by atoms with Crippen LogP contribution in [0.1, 0.15) is 11.1 Å². The van der Waals surface area contributed by atoms with Crippen molar-refractivity contribution in [2.45, 2.75) is 6.92 Å². The summed E-state index contributed by atoms with van der Waals surface area (Å²) in [6.07, 6.45) is 7.48. The van der Waals surface area contributed by atoms with E-state index < -0.39 is 0 Å². The molecular formula is C12H11N. The third kappa shape index (κ3) is 1.11. The molecule has 0 aliphatic rings. The molecule has 0 N–H and O–H groups in total. The predicted octanol–water partition coefficient (Wildman–Crippen LogP) is 2.47. The summed E-state index contributed by atoms with van der Waals surface area (Å²) in [6, 6.07) is 6.28. The number of aryl methyl sites for hydroxylation is 2. The number of nitrogens with zero attached hydrogens (tertiary/aromatic N) is 1. The normalized spacial score (nSPS) is 10.2. The van der Waals surface area contributed by atoms with Gasteiger partial charge in [-0.1, -0.05) is 5.92 Å². The molecule has 2 rings (SSSR count). The Morgan fingerprint density at radius 3 is 2.85 bits per heavy atom. The van der Waals surface area contributed by atoms with Crippen molar-refractivity contribution < 1.29 is 0 Å². The summed E-state index contributed by atoms with van der Waals surface area (Å²) in [5.74, 6) is 2.72. The van der Waals surface area contributed by atoms with Gasteiger partial charge in [0.15, 0.2) is 0 Å². The number of aromatic nitrogens is 1. The van der Waals surface area contributed by atoms with E-state index in [1.807, 2.05) is 19.3 Å². The van der Waals surface area contributed by atoms with Crippen molar-refractivity contribution in [3.8, 4) is 12.3 Å². The monoisotopic (exact) mass is 169 g/mol. The van der Waals surface area contributed by atoms with Gasteiger partial charge in [-0.15, -0.1) is 6.42 Å². The first kappa shape index (κ1) is 7.94. The lowest BCUT2D eigenvalue weighted by Crippen LogP contribution is -1.88. The molecule has 0 aliphatic carbocycles. The molecule has 0 aliphatic heterocycles. The molecule has 0 bridgehead atoms. The van der Waals surface area contributed by atoms with Crippen molar-refractivity contribution >= 4 is 10.9 Å². The molecule has 1 heterocycles. The van der Waals surface area contributed by atoms with E-state index in [1.165, 1.54) is 10.9 Å². The summed E-state index contributed by atoms with van der Waals surface area (Å²) in [6.45, 7) is 2.06. The minimum Gasteiger partial charge on any atom is -0.350 e. The Morgan fingerprint density at radius 1 is 1.38 bits per heavy atom. The van der Waals surface area contributed by atoms with Gasteiger partial charge in [-0.25, -0.2) is 0 Å². The molecule has 1 aromatic heterocycles. The molecule has 1 aromatic carbocycles. The second kappa shape index (κ2) is 2.67. The Kier molecular flexibility index (Phi) is 1.63.